The lowest BCUT2D eigenvalue weighted by atomic mass is 10.1. The van der Waals surface area contributed by atoms with Gasteiger partial charge in [0.1, 0.15) is 0 Å². The lowest BCUT2D eigenvalue weighted by Gasteiger charge is -2.06. The molecule has 0 aromatic heterocycles. The zero-order valence-corrected chi connectivity index (χ0v) is 13.9. The summed E-state index contributed by atoms with van der Waals surface area (Å²) < 4.78 is 4.90. The Morgan fingerprint density at radius 1 is 1.12 bits per heavy atom. The third-order valence-corrected chi connectivity index (χ3v) is 3.44. The van der Waals surface area contributed by atoms with Crippen molar-refractivity contribution in [2.45, 2.75) is 13.3 Å². The van der Waals surface area contributed by atoms with Crippen molar-refractivity contribution in [1.82, 2.24) is 0 Å². The van der Waals surface area contributed by atoms with Crippen LogP contribution in [0.4, 0.5) is 5.69 Å². The molecule has 5 nitrogen and oxygen atoms in total. The smallest absolute Gasteiger partial charge is 0.331 e. The molecule has 0 fully saturated rings. The highest BCUT2D eigenvalue weighted by molar-refractivity contribution is 5.94. The topological polar surface area (TPSA) is 79.2 Å². The van der Waals surface area contributed by atoms with Crippen molar-refractivity contribution in [1.29, 1.82) is 5.26 Å². The van der Waals surface area contributed by atoms with Gasteiger partial charge < -0.3 is 10.1 Å². The first-order valence-electron chi connectivity index (χ1n) is 7.84. The molecule has 1 amide bonds. The number of rotatable bonds is 6. The van der Waals surface area contributed by atoms with Crippen LogP contribution in [0.2, 0.25) is 0 Å². The maximum atomic E-state index is 11.8. The first-order valence-corrected chi connectivity index (χ1v) is 7.84. The summed E-state index contributed by atoms with van der Waals surface area (Å²) in [5.74, 6) is -1.01. The van der Waals surface area contributed by atoms with Crippen molar-refractivity contribution in [2.24, 2.45) is 0 Å². The number of hydrogen-bond donors (Lipinski definition) is 1. The molecule has 0 bridgehead atoms. The lowest BCUT2D eigenvalue weighted by molar-refractivity contribution is -0.142. The summed E-state index contributed by atoms with van der Waals surface area (Å²) in [5, 5.41) is 11.4. The second kappa shape index (κ2) is 9.04. The fourth-order valence-electron chi connectivity index (χ4n) is 2.04. The molecule has 2 rings (SSSR count). The van der Waals surface area contributed by atoms with Crippen LogP contribution < -0.4 is 5.32 Å². The van der Waals surface area contributed by atoms with Crippen LogP contribution in [-0.4, -0.2) is 18.5 Å². The number of esters is 1. The van der Waals surface area contributed by atoms with Gasteiger partial charge in [-0.2, -0.15) is 5.26 Å². The van der Waals surface area contributed by atoms with Crippen LogP contribution in [-0.2, 0) is 20.7 Å². The SMILES string of the molecule is CCc1ccc(NC(=O)COC(=O)/C=C/c2ccc(C#N)cc2)cc1. The summed E-state index contributed by atoms with van der Waals surface area (Å²) in [6.07, 6.45) is 3.73. The number of carbonyl (C=O) groups excluding carboxylic acids is 2. The van der Waals surface area contributed by atoms with Crippen molar-refractivity contribution in [3.8, 4) is 6.07 Å². The predicted octanol–water partition coefficient (Wildman–Crippen LogP) is 3.32. The minimum absolute atomic E-state index is 0.355. The van der Waals surface area contributed by atoms with E-state index in [-0.39, 0.29) is 6.61 Å². The van der Waals surface area contributed by atoms with Crippen LogP contribution in [0, 0.1) is 11.3 Å². The van der Waals surface area contributed by atoms with Gasteiger partial charge in [-0.25, -0.2) is 4.79 Å². The molecule has 2 aromatic rings. The van der Waals surface area contributed by atoms with E-state index in [1.165, 1.54) is 11.6 Å². The van der Waals surface area contributed by atoms with Gasteiger partial charge in [0.25, 0.3) is 5.91 Å². The molecule has 0 radical (unpaired) electrons. The number of anilines is 1. The van der Waals surface area contributed by atoms with Crippen molar-refractivity contribution in [2.75, 3.05) is 11.9 Å². The van der Waals surface area contributed by atoms with E-state index in [9.17, 15) is 9.59 Å². The summed E-state index contributed by atoms with van der Waals surface area (Å²) in [5.41, 5.74) is 3.14. The van der Waals surface area contributed by atoms with E-state index in [1.54, 1.807) is 30.3 Å². The molecule has 0 spiro atoms. The Balaban J connectivity index is 1.79. The monoisotopic (exact) mass is 334 g/mol. The number of ether oxygens (including phenoxy) is 1. The molecule has 0 unspecified atom stereocenters. The number of nitriles is 1. The highest BCUT2D eigenvalue weighted by atomic mass is 16.5. The highest BCUT2D eigenvalue weighted by Gasteiger charge is 2.05. The molecule has 0 aliphatic carbocycles. The highest BCUT2D eigenvalue weighted by Crippen LogP contribution is 2.10. The van der Waals surface area contributed by atoms with Crippen LogP contribution in [0.25, 0.3) is 6.08 Å². The average Bonchev–Trinajstić information content (AvgIpc) is 2.65. The predicted molar refractivity (Wildman–Crippen MR) is 95.6 cm³/mol. The van der Waals surface area contributed by atoms with Crippen LogP contribution in [0.15, 0.2) is 54.6 Å². The van der Waals surface area contributed by atoms with Gasteiger partial charge in [0.05, 0.1) is 11.6 Å². The molecule has 0 atom stereocenters. The van der Waals surface area contributed by atoms with Crippen LogP contribution in [0.1, 0.15) is 23.6 Å². The number of nitrogens with one attached hydrogen (secondary N) is 1. The zero-order valence-electron chi connectivity index (χ0n) is 13.9. The van der Waals surface area contributed by atoms with Gasteiger partial charge in [0.2, 0.25) is 0 Å². The van der Waals surface area contributed by atoms with Crippen LogP contribution >= 0.6 is 0 Å². The van der Waals surface area contributed by atoms with Gasteiger partial charge in [-0.15, -0.1) is 0 Å². The minimum atomic E-state index is -0.610. The van der Waals surface area contributed by atoms with Crippen molar-refractivity contribution >= 4 is 23.6 Å². The van der Waals surface area contributed by atoms with Crippen molar-refractivity contribution in [3.05, 3.63) is 71.3 Å². The maximum absolute atomic E-state index is 11.8. The second-order valence-electron chi connectivity index (χ2n) is 5.27. The van der Waals surface area contributed by atoms with Crippen molar-refractivity contribution in [3.63, 3.8) is 0 Å². The molecule has 5 heteroatoms. The summed E-state index contributed by atoms with van der Waals surface area (Å²) in [6.45, 7) is 1.70. The van der Waals surface area contributed by atoms with Crippen LogP contribution in [0.3, 0.4) is 0 Å². The Morgan fingerprint density at radius 2 is 1.80 bits per heavy atom. The third kappa shape index (κ3) is 5.96. The summed E-state index contributed by atoms with van der Waals surface area (Å²) >= 11 is 0. The van der Waals surface area contributed by atoms with Gasteiger partial charge in [0, 0.05) is 11.8 Å². The number of carbonyl (C=O) groups is 2. The number of benzene rings is 2. The fraction of sp³-hybridized carbons (Fsp3) is 0.150. The first-order chi connectivity index (χ1) is 12.1. The molecule has 0 heterocycles. The van der Waals surface area contributed by atoms with E-state index >= 15 is 0 Å². The molecule has 0 saturated heterocycles. The maximum Gasteiger partial charge on any atom is 0.331 e. The van der Waals surface area contributed by atoms with Gasteiger partial charge >= 0.3 is 5.97 Å². The quantitative estimate of drug-likeness (QED) is 0.649. The lowest BCUT2D eigenvalue weighted by Crippen LogP contribution is -2.20. The normalized spacial score (nSPS) is 10.2. The number of aryl methyl sites for hydroxylation is 1. The Kier molecular flexibility index (Phi) is 6.49. The molecular weight excluding hydrogens is 316 g/mol. The molecule has 2 aromatic carbocycles. The Morgan fingerprint density at radius 3 is 2.40 bits per heavy atom. The van der Waals surface area contributed by atoms with E-state index in [0.29, 0.717) is 11.3 Å². The van der Waals surface area contributed by atoms with E-state index in [1.807, 2.05) is 30.3 Å². The van der Waals surface area contributed by atoms with Crippen molar-refractivity contribution < 1.29 is 14.3 Å². The Labute approximate surface area is 146 Å². The molecule has 1 N–H and O–H groups in total. The van der Waals surface area contributed by atoms with E-state index in [4.69, 9.17) is 10.00 Å². The number of hydrogen-bond acceptors (Lipinski definition) is 4. The third-order valence-electron chi connectivity index (χ3n) is 3.44. The molecule has 0 aliphatic heterocycles. The fourth-order valence-corrected chi connectivity index (χ4v) is 2.04. The standard InChI is InChI=1S/C20H18N2O3/c1-2-15-7-10-18(11-8-15)22-19(23)14-25-20(24)12-9-16-3-5-17(13-21)6-4-16/h3-12H,2,14H2,1H3,(H,22,23)/b12-9+. The Bertz CT molecular complexity index is 800. The Hall–Kier alpha value is -3.39. The van der Waals surface area contributed by atoms with Gasteiger partial charge in [0.15, 0.2) is 6.61 Å². The van der Waals surface area contributed by atoms with Crippen LogP contribution in [0.5, 0.6) is 0 Å². The molecular formula is C20H18N2O3. The summed E-state index contributed by atoms with van der Waals surface area (Å²) in [4.78, 5) is 23.4. The molecule has 0 aliphatic rings. The average molecular weight is 334 g/mol. The second-order valence-corrected chi connectivity index (χ2v) is 5.27. The van der Waals surface area contributed by atoms with E-state index in [2.05, 4.69) is 12.2 Å². The van der Waals surface area contributed by atoms with E-state index < -0.39 is 11.9 Å². The summed E-state index contributed by atoms with van der Waals surface area (Å²) in [6, 6.07) is 16.2. The van der Waals surface area contributed by atoms with Gasteiger partial charge in [-0.05, 0) is 47.9 Å². The zero-order chi connectivity index (χ0) is 18.1. The number of amides is 1. The molecule has 0 saturated carbocycles. The number of nitrogens with zero attached hydrogens (tertiary/aromatic N) is 1. The first kappa shape index (κ1) is 18.0. The molecule has 25 heavy (non-hydrogen) atoms. The molecule has 126 valence electrons. The largest absolute Gasteiger partial charge is 0.452 e. The van der Waals surface area contributed by atoms with Gasteiger partial charge in [-0.3, -0.25) is 4.79 Å². The minimum Gasteiger partial charge on any atom is -0.452 e. The van der Waals surface area contributed by atoms with E-state index in [0.717, 1.165) is 12.0 Å². The van der Waals surface area contributed by atoms with Gasteiger partial charge in [-0.1, -0.05) is 31.2 Å². The summed E-state index contributed by atoms with van der Waals surface area (Å²) in [7, 11) is 0.